The summed E-state index contributed by atoms with van der Waals surface area (Å²) < 4.78 is 0. The van der Waals surface area contributed by atoms with Crippen LogP contribution in [0.5, 0.6) is 0 Å². The van der Waals surface area contributed by atoms with Crippen LogP contribution in [0.2, 0.25) is 0 Å². The number of fused-ring (bicyclic) bond motifs is 4. The smallest absolute Gasteiger partial charge is 0.104 e. The van der Waals surface area contributed by atoms with E-state index in [4.69, 9.17) is 0 Å². The van der Waals surface area contributed by atoms with Crippen LogP contribution in [0.25, 0.3) is 72.1 Å². The molecule has 0 aromatic heterocycles. The molecule has 8 aromatic rings. The molecule has 2 aliphatic carbocycles. The molecule has 0 fully saturated rings. The summed E-state index contributed by atoms with van der Waals surface area (Å²) in [5.41, 5.74) is 20.9. The summed E-state index contributed by atoms with van der Waals surface area (Å²) in [7, 11) is 0. The molecule has 2 aliphatic heterocycles. The second-order valence-corrected chi connectivity index (χ2v) is 17.2. The summed E-state index contributed by atoms with van der Waals surface area (Å²) in [5, 5.41) is 14.2. The van der Waals surface area contributed by atoms with E-state index in [-0.39, 0.29) is 18.4 Å². The highest BCUT2D eigenvalue weighted by Crippen LogP contribution is 2.57. The summed E-state index contributed by atoms with van der Waals surface area (Å²) in [6.07, 6.45) is 12.7. The third-order valence-electron chi connectivity index (χ3n) is 13.5. The van der Waals surface area contributed by atoms with E-state index in [0.29, 0.717) is 0 Å². The first kappa shape index (κ1) is 37.4. The quantitative estimate of drug-likeness (QED) is 0.143. The first-order valence-corrected chi connectivity index (χ1v) is 22.5. The van der Waals surface area contributed by atoms with E-state index in [1.165, 1.54) is 100 Å². The van der Waals surface area contributed by atoms with E-state index >= 15 is 0 Å². The Hall–Kier alpha value is -7.40. The lowest BCUT2D eigenvalue weighted by Gasteiger charge is -2.34. The number of para-hydroxylation sites is 2. The van der Waals surface area contributed by atoms with Crippen molar-refractivity contribution in [1.82, 2.24) is 10.6 Å². The zero-order chi connectivity index (χ0) is 41.9. The van der Waals surface area contributed by atoms with Gasteiger partial charge in [0, 0.05) is 11.4 Å². The summed E-state index contributed by atoms with van der Waals surface area (Å²) in [5.74, 6) is 0. The van der Waals surface area contributed by atoms with Crippen LogP contribution in [0.3, 0.4) is 0 Å². The van der Waals surface area contributed by atoms with Crippen LogP contribution < -0.4 is 20.9 Å². The molecule has 3 N–H and O–H groups in total. The van der Waals surface area contributed by atoms with E-state index < -0.39 is 0 Å². The molecule has 4 aliphatic rings. The fraction of sp³-hybridized carbons (Fsp3) is 0.119. The molecular weight excluding hydrogens is 765 g/mol. The molecule has 304 valence electrons. The van der Waals surface area contributed by atoms with Gasteiger partial charge in [-0.25, -0.2) is 0 Å². The number of hydrogen-bond donors (Lipinski definition) is 3. The first-order chi connectivity index (χ1) is 31.2. The van der Waals surface area contributed by atoms with Gasteiger partial charge in [-0.15, -0.1) is 0 Å². The Labute approximate surface area is 370 Å². The maximum atomic E-state index is 3.93. The Morgan fingerprint density at radius 1 is 0.556 bits per heavy atom. The molecule has 0 spiro atoms. The van der Waals surface area contributed by atoms with Gasteiger partial charge < -0.3 is 15.5 Å². The van der Waals surface area contributed by atoms with Crippen LogP contribution in [0.4, 0.5) is 17.1 Å². The summed E-state index contributed by atoms with van der Waals surface area (Å²) in [6.45, 7) is 2.25. The maximum Gasteiger partial charge on any atom is 0.104 e. The highest BCUT2D eigenvalue weighted by molar-refractivity contribution is 6.22. The van der Waals surface area contributed by atoms with Gasteiger partial charge in [0.05, 0.1) is 17.4 Å². The lowest BCUT2D eigenvalue weighted by Crippen LogP contribution is -2.44. The Kier molecular flexibility index (Phi) is 9.19. The van der Waals surface area contributed by atoms with Gasteiger partial charge in [-0.05, 0) is 145 Å². The second kappa shape index (κ2) is 15.5. The van der Waals surface area contributed by atoms with Gasteiger partial charge >= 0.3 is 0 Å². The normalized spacial score (nSPS) is 18.3. The molecule has 63 heavy (non-hydrogen) atoms. The number of nitrogens with one attached hydrogen (secondary N) is 3. The summed E-state index contributed by atoms with van der Waals surface area (Å²) in [4.78, 5) is 2.45. The topological polar surface area (TPSA) is 39.3 Å². The van der Waals surface area contributed by atoms with Crippen molar-refractivity contribution in [2.24, 2.45) is 0 Å². The number of anilines is 3. The maximum absolute atomic E-state index is 3.93. The van der Waals surface area contributed by atoms with Crippen LogP contribution in [0, 0.1) is 0 Å². The molecule has 8 aromatic carbocycles. The average Bonchev–Trinajstić information content (AvgIpc) is 3.91. The van der Waals surface area contributed by atoms with Gasteiger partial charge in [0.1, 0.15) is 12.3 Å². The Morgan fingerprint density at radius 3 is 2.02 bits per heavy atom. The third kappa shape index (κ3) is 6.40. The molecule has 2 heterocycles. The molecule has 0 saturated carbocycles. The van der Waals surface area contributed by atoms with Crippen molar-refractivity contribution in [3.05, 3.63) is 217 Å². The lowest BCUT2D eigenvalue weighted by atomic mass is 9.82. The highest BCUT2D eigenvalue weighted by Gasteiger charge is 2.32. The number of rotatable bonds is 8. The fourth-order valence-corrected chi connectivity index (χ4v) is 10.5. The molecule has 0 bridgehead atoms. The fourth-order valence-electron chi connectivity index (χ4n) is 10.5. The van der Waals surface area contributed by atoms with E-state index in [1.807, 2.05) is 0 Å². The minimum atomic E-state index is -0.0447. The summed E-state index contributed by atoms with van der Waals surface area (Å²) >= 11 is 0. The van der Waals surface area contributed by atoms with Crippen LogP contribution >= 0.6 is 0 Å². The molecular formula is C59H48N4. The van der Waals surface area contributed by atoms with E-state index in [1.54, 1.807) is 0 Å². The van der Waals surface area contributed by atoms with Crippen LogP contribution in [-0.4, -0.2) is 12.2 Å². The average molecular weight is 813 g/mol. The number of benzene rings is 8. The van der Waals surface area contributed by atoms with Gasteiger partial charge in [-0.2, -0.15) is 0 Å². The second-order valence-electron chi connectivity index (χ2n) is 17.2. The molecule has 4 heteroatoms. The molecule has 0 amide bonds. The van der Waals surface area contributed by atoms with E-state index in [9.17, 15) is 0 Å². The lowest BCUT2D eigenvalue weighted by molar-refractivity contribution is 0.463. The standard InChI is InChI=1S/C59H48N4/c1-2-54-60-50-29-12-13-30-53(50)63(54)45-33-31-39(32-34-45)48-36-49(38-17-6-3-7-18-38)57-46-27-15-23-41-24-16-28-47(55(41)46)58(57)56(48)44-26-14-25-43(35-44)52-37-51(40-19-8-4-9-20-40)61-59(62-52)42-21-10-5-11-22-42/h3,5-8,10-37,51,54,59-62H,2,4,9H2,1H3. The van der Waals surface area contributed by atoms with Crippen molar-refractivity contribution in [2.45, 2.75) is 44.6 Å². The van der Waals surface area contributed by atoms with Crippen LogP contribution in [-0.2, 0) is 0 Å². The number of allylic oxidation sites excluding steroid dienone is 2. The predicted octanol–water partition coefficient (Wildman–Crippen LogP) is 14.7. The Bertz CT molecular complexity index is 3140. The van der Waals surface area contributed by atoms with Gasteiger partial charge in [-0.1, -0.05) is 165 Å². The monoisotopic (exact) mass is 812 g/mol. The molecule has 12 rings (SSSR count). The van der Waals surface area contributed by atoms with Gasteiger partial charge in [0.2, 0.25) is 0 Å². The van der Waals surface area contributed by atoms with Gasteiger partial charge in [-0.3, -0.25) is 5.32 Å². The SMILES string of the molecule is CCC1Nc2ccccc2N1c1ccc(-c2cc(-c3ccccc3)c3c(c2-c2cccc(C4=CC(C5=CCCC=C5)NC(c5ccccc5)N4)c2)-c2cccc4cccc-3c24)cc1. The van der Waals surface area contributed by atoms with Crippen molar-refractivity contribution in [3.63, 3.8) is 0 Å². The van der Waals surface area contributed by atoms with Crippen molar-refractivity contribution in [3.8, 4) is 55.6 Å². The van der Waals surface area contributed by atoms with Gasteiger partial charge in [0.25, 0.3) is 0 Å². The molecule has 0 saturated heterocycles. The molecule has 3 unspecified atom stereocenters. The molecule has 4 nitrogen and oxygen atoms in total. The zero-order valence-corrected chi connectivity index (χ0v) is 35.4. The van der Waals surface area contributed by atoms with Crippen molar-refractivity contribution >= 4 is 33.5 Å². The van der Waals surface area contributed by atoms with Crippen molar-refractivity contribution in [2.75, 3.05) is 10.2 Å². The van der Waals surface area contributed by atoms with E-state index in [0.717, 1.165) is 25.0 Å². The minimum Gasteiger partial charge on any atom is -0.366 e. The third-order valence-corrected chi connectivity index (χ3v) is 13.5. The van der Waals surface area contributed by atoms with E-state index in [2.05, 4.69) is 228 Å². The zero-order valence-electron chi connectivity index (χ0n) is 35.4. The van der Waals surface area contributed by atoms with Crippen LogP contribution in [0.1, 0.15) is 43.5 Å². The number of hydrogen-bond acceptors (Lipinski definition) is 4. The van der Waals surface area contributed by atoms with Crippen molar-refractivity contribution in [1.29, 1.82) is 0 Å². The minimum absolute atomic E-state index is 0.0447. The largest absolute Gasteiger partial charge is 0.366 e. The first-order valence-electron chi connectivity index (χ1n) is 22.5. The van der Waals surface area contributed by atoms with Gasteiger partial charge in [0.15, 0.2) is 0 Å². The predicted molar refractivity (Wildman–Crippen MR) is 265 cm³/mol. The summed E-state index contributed by atoms with van der Waals surface area (Å²) in [6, 6.07) is 65.2. The number of nitrogens with zero attached hydrogens (tertiary/aromatic N) is 1. The molecule has 0 radical (unpaired) electrons. The van der Waals surface area contributed by atoms with Crippen molar-refractivity contribution < 1.29 is 0 Å². The highest BCUT2D eigenvalue weighted by atomic mass is 15.3. The Balaban J connectivity index is 1.07. The van der Waals surface area contributed by atoms with Crippen LogP contribution in [0.15, 0.2) is 206 Å². The molecule has 3 atom stereocenters. The Morgan fingerprint density at radius 2 is 1.24 bits per heavy atom.